The number of carbonyl (C=O) groups excluding carboxylic acids is 1. The number of halogens is 2. The monoisotopic (exact) mass is 597 g/mol. The van der Waals surface area contributed by atoms with E-state index >= 15 is 4.39 Å². The lowest BCUT2D eigenvalue weighted by Crippen LogP contribution is -2.34. The van der Waals surface area contributed by atoms with Gasteiger partial charge in [0.15, 0.2) is 6.10 Å². The smallest absolute Gasteiger partial charge is 0.335 e. The van der Waals surface area contributed by atoms with Crippen LogP contribution in [0.4, 0.5) is 8.78 Å². The second-order valence-corrected chi connectivity index (χ2v) is 9.82. The summed E-state index contributed by atoms with van der Waals surface area (Å²) in [4.78, 5) is 32.5. The van der Waals surface area contributed by atoms with Gasteiger partial charge >= 0.3 is 5.97 Å². The Balaban J connectivity index is 1.40. The number of hydrogen-bond acceptors (Lipinski definition) is 7. The van der Waals surface area contributed by atoms with Crippen LogP contribution in [0, 0.1) is 23.0 Å². The van der Waals surface area contributed by atoms with Crippen LogP contribution in [-0.2, 0) is 29.1 Å². The van der Waals surface area contributed by atoms with E-state index in [0.29, 0.717) is 33.7 Å². The number of aromatic nitrogens is 3. The van der Waals surface area contributed by atoms with Crippen molar-refractivity contribution in [2.45, 2.75) is 25.7 Å². The molecule has 2 aromatic heterocycles. The van der Waals surface area contributed by atoms with E-state index in [4.69, 9.17) is 20.5 Å². The molecular weight excluding hydrogens is 572 g/mol. The van der Waals surface area contributed by atoms with Crippen molar-refractivity contribution in [1.29, 1.82) is 5.26 Å². The number of nitriles is 1. The largest absolute Gasteiger partial charge is 0.478 e. The van der Waals surface area contributed by atoms with Gasteiger partial charge in [-0.25, -0.2) is 23.5 Å². The number of methoxy groups -OCH3 is 1. The van der Waals surface area contributed by atoms with Gasteiger partial charge in [0.25, 0.3) is 0 Å². The molecule has 0 aliphatic carbocycles. The average Bonchev–Trinajstić information content (AvgIpc) is 3.35. The fourth-order valence-corrected chi connectivity index (χ4v) is 4.65. The summed E-state index contributed by atoms with van der Waals surface area (Å²) in [5, 5.41) is 18.4. The lowest BCUT2D eigenvalue weighted by molar-refractivity contribution is -0.128. The second-order valence-electron chi connectivity index (χ2n) is 9.82. The minimum atomic E-state index is -1.13. The van der Waals surface area contributed by atoms with Gasteiger partial charge in [0.2, 0.25) is 11.8 Å². The van der Waals surface area contributed by atoms with E-state index in [1.807, 2.05) is 6.07 Å². The Morgan fingerprint density at radius 3 is 2.48 bits per heavy atom. The number of rotatable bonds is 11. The molecule has 2 heterocycles. The SMILES string of the molecule is COC(Cn1c(Cc2ccc(-c3cccc(OCc4ccc(C#N)cc4F)n3)cc2F)nc2ccc(C(=O)O)cc21)C(N)=O. The number of ether oxygens (including phenoxy) is 2. The quantitative estimate of drug-likeness (QED) is 0.224. The number of imidazole rings is 1. The molecule has 3 N–H and O–H groups in total. The number of amides is 1. The molecule has 44 heavy (non-hydrogen) atoms. The number of nitrogens with zero attached hydrogens (tertiary/aromatic N) is 4. The van der Waals surface area contributed by atoms with Crippen molar-refractivity contribution in [2.24, 2.45) is 5.73 Å². The number of hydrogen-bond donors (Lipinski definition) is 2. The number of nitrogens with two attached hydrogens (primary N) is 1. The summed E-state index contributed by atoms with van der Waals surface area (Å²) in [6.07, 6.45) is -1.01. The zero-order valence-electron chi connectivity index (χ0n) is 23.3. The molecule has 10 nitrogen and oxygen atoms in total. The number of pyridine rings is 1. The van der Waals surface area contributed by atoms with E-state index in [9.17, 15) is 19.1 Å². The summed E-state index contributed by atoms with van der Waals surface area (Å²) in [5.41, 5.74) is 8.02. The number of primary amides is 1. The first-order valence-electron chi connectivity index (χ1n) is 13.3. The van der Waals surface area contributed by atoms with Crippen LogP contribution in [0.3, 0.4) is 0 Å². The van der Waals surface area contributed by atoms with Crippen molar-refractivity contribution in [2.75, 3.05) is 7.11 Å². The van der Waals surface area contributed by atoms with Crippen LogP contribution in [0.15, 0.2) is 72.8 Å². The number of carboxylic acids is 1. The highest BCUT2D eigenvalue weighted by atomic mass is 19.1. The van der Waals surface area contributed by atoms with Crippen LogP contribution in [0.1, 0.15) is 32.9 Å². The third-order valence-electron chi connectivity index (χ3n) is 7.00. The normalized spacial score (nSPS) is 11.7. The fraction of sp³-hybridized carbons (Fsp3) is 0.156. The Bertz CT molecular complexity index is 1930. The van der Waals surface area contributed by atoms with Gasteiger partial charge in [-0.2, -0.15) is 5.26 Å². The number of carbonyl (C=O) groups is 2. The molecule has 0 saturated carbocycles. The fourth-order valence-electron chi connectivity index (χ4n) is 4.65. The Hall–Kier alpha value is -5.67. The minimum absolute atomic E-state index is 0.0190. The first-order valence-corrected chi connectivity index (χ1v) is 13.3. The molecule has 5 aromatic rings. The van der Waals surface area contributed by atoms with Gasteiger partial charge < -0.3 is 24.9 Å². The summed E-state index contributed by atoms with van der Waals surface area (Å²) in [6.45, 7) is -0.167. The molecule has 1 amide bonds. The molecular formula is C32H25F2N5O5. The predicted molar refractivity (Wildman–Crippen MR) is 155 cm³/mol. The number of fused-ring (bicyclic) bond motifs is 1. The maximum atomic E-state index is 15.5. The predicted octanol–water partition coefficient (Wildman–Crippen LogP) is 4.62. The average molecular weight is 598 g/mol. The molecule has 0 aliphatic rings. The molecule has 12 heteroatoms. The van der Waals surface area contributed by atoms with Gasteiger partial charge in [0.05, 0.1) is 40.5 Å². The molecule has 0 spiro atoms. The van der Waals surface area contributed by atoms with Gasteiger partial charge in [-0.3, -0.25) is 4.79 Å². The number of benzene rings is 3. The summed E-state index contributed by atoms with van der Waals surface area (Å²) >= 11 is 0. The van der Waals surface area contributed by atoms with Crippen LogP contribution >= 0.6 is 0 Å². The Kier molecular flexibility index (Phi) is 8.59. The van der Waals surface area contributed by atoms with Crippen molar-refractivity contribution < 1.29 is 33.0 Å². The lowest BCUT2D eigenvalue weighted by Gasteiger charge is -2.16. The van der Waals surface area contributed by atoms with Crippen molar-refractivity contribution in [3.05, 3.63) is 113 Å². The molecule has 5 rings (SSSR count). The highest BCUT2D eigenvalue weighted by Gasteiger charge is 2.21. The molecule has 3 aromatic carbocycles. The third-order valence-corrected chi connectivity index (χ3v) is 7.00. The van der Waals surface area contributed by atoms with Gasteiger partial charge in [0, 0.05) is 30.7 Å². The molecule has 0 saturated heterocycles. The van der Waals surface area contributed by atoms with E-state index in [1.54, 1.807) is 41.0 Å². The Morgan fingerprint density at radius 2 is 1.80 bits per heavy atom. The number of carboxylic acid groups (broad SMARTS) is 1. The Labute approximate surface area is 249 Å². The van der Waals surface area contributed by atoms with E-state index < -0.39 is 29.6 Å². The maximum absolute atomic E-state index is 15.5. The van der Waals surface area contributed by atoms with Crippen LogP contribution in [0.25, 0.3) is 22.3 Å². The van der Waals surface area contributed by atoms with Crippen LogP contribution in [-0.4, -0.2) is 44.7 Å². The van der Waals surface area contributed by atoms with E-state index in [-0.39, 0.29) is 42.1 Å². The van der Waals surface area contributed by atoms with Crippen molar-refractivity contribution in [1.82, 2.24) is 14.5 Å². The summed E-state index contributed by atoms with van der Waals surface area (Å²) in [5.74, 6) is -2.38. The standard InChI is InChI=1S/C32H25F2N5O5/c1-43-28(31(36)40)16-39-27-13-21(32(41)42)9-10-26(27)37-29(39)14-19-7-8-20(12-24(19)34)25-3-2-4-30(38-25)44-17-22-6-5-18(15-35)11-23(22)33/h2-13,28H,14,16-17H2,1H3,(H2,36,40)(H,41,42). The van der Waals surface area contributed by atoms with Crippen LogP contribution in [0.5, 0.6) is 5.88 Å². The highest BCUT2D eigenvalue weighted by molar-refractivity contribution is 5.92. The zero-order valence-corrected chi connectivity index (χ0v) is 23.3. The zero-order chi connectivity index (χ0) is 31.4. The Morgan fingerprint density at radius 1 is 1.02 bits per heavy atom. The molecule has 222 valence electrons. The molecule has 1 atom stereocenters. The molecule has 0 radical (unpaired) electrons. The molecule has 0 aliphatic heterocycles. The van der Waals surface area contributed by atoms with Crippen molar-refractivity contribution >= 4 is 22.9 Å². The highest BCUT2D eigenvalue weighted by Crippen LogP contribution is 2.26. The van der Waals surface area contributed by atoms with Gasteiger partial charge in [0.1, 0.15) is 24.1 Å². The van der Waals surface area contributed by atoms with Crippen LogP contribution < -0.4 is 10.5 Å². The summed E-state index contributed by atoms with van der Waals surface area (Å²) < 4.78 is 42.2. The van der Waals surface area contributed by atoms with Crippen molar-refractivity contribution in [3.8, 4) is 23.2 Å². The lowest BCUT2D eigenvalue weighted by atomic mass is 10.1. The first-order chi connectivity index (χ1) is 21.2. The summed E-state index contributed by atoms with van der Waals surface area (Å²) in [7, 11) is 1.33. The maximum Gasteiger partial charge on any atom is 0.335 e. The molecule has 0 fully saturated rings. The molecule has 0 bridgehead atoms. The van der Waals surface area contributed by atoms with E-state index in [2.05, 4.69) is 9.97 Å². The number of aromatic carboxylic acids is 1. The molecule has 1 unspecified atom stereocenters. The van der Waals surface area contributed by atoms with E-state index in [0.717, 1.165) is 6.07 Å². The van der Waals surface area contributed by atoms with Crippen LogP contribution in [0.2, 0.25) is 0 Å². The third kappa shape index (κ3) is 6.38. The van der Waals surface area contributed by atoms with Gasteiger partial charge in [-0.1, -0.05) is 24.3 Å². The van der Waals surface area contributed by atoms with Gasteiger partial charge in [-0.15, -0.1) is 0 Å². The van der Waals surface area contributed by atoms with Crippen molar-refractivity contribution in [3.63, 3.8) is 0 Å². The van der Waals surface area contributed by atoms with Gasteiger partial charge in [-0.05, 0) is 48.0 Å². The first kappa shape index (κ1) is 29.8. The summed E-state index contributed by atoms with van der Waals surface area (Å²) in [6, 6.07) is 19.9. The van der Waals surface area contributed by atoms with E-state index in [1.165, 1.54) is 37.4 Å². The second kappa shape index (κ2) is 12.7. The minimum Gasteiger partial charge on any atom is -0.478 e. The topological polar surface area (TPSA) is 153 Å².